The zero-order chi connectivity index (χ0) is 11.5. The van der Waals surface area contributed by atoms with Gasteiger partial charge in [0.2, 0.25) is 0 Å². The van der Waals surface area contributed by atoms with Gasteiger partial charge < -0.3 is 0 Å². The van der Waals surface area contributed by atoms with E-state index in [1.807, 2.05) is 18.2 Å². The second-order valence-electron chi connectivity index (χ2n) is 3.80. The Bertz CT molecular complexity index is 509. The van der Waals surface area contributed by atoms with Crippen LogP contribution in [0, 0.1) is 6.92 Å². The number of hydrogen-bond donors (Lipinski definition) is 0. The van der Waals surface area contributed by atoms with Crippen LogP contribution in [0.3, 0.4) is 0 Å². The highest BCUT2D eigenvalue weighted by molar-refractivity contribution is 6.48. The van der Waals surface area contributed by atoms with Gasteiger partial charge in [-0.05, 0) is 29.2 Å². The fourth-order valence-corrected chi connectivity index (χ4v) is 1.85. The van der Waals surface area contributed by atoms with Gasteiger partial charge in [-0.3, -0.25) is 0 Å². The van der Waals surface area contributed by atoms with Gasteiger partial charge in [0.05, 0.1) is 0 Å². The summed E-state index contributed by atoms with van der Waals surface area (Å²) in [4.78, 5) is 0. The molecule has 0 saturated carbocycles. The van der Waals surface area contributed by atoms with E-state index in [0.717, 1.165) is 5.56 Å². The molecule has 0 aliphatic carbocycles. The van der Waals surface area contributed by atoms with Crippen LogP contribution in [0.2, 0.25) is 0 Å². The first-order chi connectivity index (χ1) is 7.68. The van der Waals surface area contributed by atoms with E-state index in [1.54, 1.807) is 0 Å². The molecule has 0 N–H and O–H groups in total. The van der Waals surface area contributed by atoms with Crippen molar-refractivity contribution in [1.82, 2.24) is 0 Å². The molecule has 80 valence electrons. The average molecular weight is 229 g/mol. The molecular weight excluding hydrogens is 216 g/mol. The molecule has 2 aromatic carbocycles. The van der Waals surface area contributed by atoms with Crippen molar-refractivity contribution in [2.24, 2.45) is 0 Å². The van der Waals surface area contributed by atoms with Gasteiger partial charge in [0.1, 0.15) is 0 Å². The van der Waals surface area contributed by atoms with Crippen molar-refractivity contribution in [3.8, 4) is 11.1 Å². The second-order valence-corrected chi connectivity index (χ2v) is 4.25. The Morgan fingerprint density at radius 1 is 1.00 bits per heavy atom. The molecule has 0 saturated heterocycles. The Kier molecular flexibility index (Phi) is 3.12. The van der Waals surface area contributed by atoms with Gasteiger partial charge in [-0.1, -0.05) is 66.7 Å². The standard InChI is InChI=1S/C15H13Cl/c1-11-5-3-4-6-15(11)14-9-7-13(8-10-14)12(2)16/h3-10H,2H2,1H3. The van der Waals surface area contributed by atoms with E-state index in [4.69, 9.17) is 11.6 Å². The lowest BCUT2D eigenvalue weighted by Gasteiger charge is -2.06. The molecule has 0 radical (unpaired) electrons. The van der Waals surface area contributed by atoms with Gasteiger partial charge in [-0.15, -0.1) is 0 Å². The SMILES string of the molecule is C=C(Cl)c1ccc(-c2ccccc2C)cc1. The molecule has 0 bridgehead atoms. The molecule has 0 atom stereocenters. The highest BCUT2D eigenvalue weighted by Gasteiger charge is 2.01. The molecule has 0 fully saturated rings. The second kappa shape index (κ2) is 4.54. The third-order valence-electron chi connectivity index (χ3n) is 2.65. The molecule has 2 aromatic rings. The Morgan fingerprint density at radius 3 is 2.19 bits per heavy atom. The van der Waals surface area contributed by atoms with E-state index in [-0.39, 0.29) is 0 Å². The summed E-state index contributed by atoms with van der Waals surface area (Å²) in [6.07, 6.45) is 0. The van der Waals surface area contributed by atoms with Gasteiger partial charge in [-0.2, -0.15) is 0 Å². The molecule has 0 unspecified atom stereocenters. The van der Waals surface area contributed by atoms with Crippen LogP contribution in [0.15, 0.2) is 55.1 Å². The zero-order valence-electron chi connectivity index (χ0n) is 9.20. The average Bonchev–Trinajstić information content (AvgIpc) is 2.30. The van der Waals surface area contributed by atoms with Crippen molar-refractivity contribution in [3.63, 3.8) is 0 Å². The van der Waals surface area contributed by atoms with Crippen LogP contribution in [-0.2, 0) is 0 Å². The molecule has 0 heterocycles. The number of aryl methyl sites for hydroxylation is 1. The molecule has 2 rings (SSSR count). The summed E-state index contributed by atoms with van der Waals surface area (Å²) < 4.78 is 0. The number of hydrogen-bond acceptors (Lipinski definition) is 0. The van der Waals surface area contributed by atoms with E-state index in [9.17, 15) is 0 Å². The van der Waals surface area contributed by atoms with Crippen molar-refractivity contribution < 1.29 is 0 Å². The summed E-state index contributed by atoms with van der Waals surface area (Å²) in [6, 6.07) is 16.5. The van der Waals surface area contributed by atoms with Crippen molar-refractivity contribution in [3.05, 3.63) is 66.2 Å². The van der Waals surface area contributed by atoms with Crippen LogP contribution >= 0.6 is 11.6 Å². The molecule has 0 aliphatic rings. The van der Waals surface area contributed by atoms with E-state index < -0.39 is 0 Å². The van der Waals surface area contributed by atoms with Crippen molar-refractivity contribution >= 4 is 16.6 Å². The lowest BCUT2D eigenvalue weighted by molar-refractivity contribution is 1.46. The maximum Gasteiger partial charge on any atom is 0.0406 e. The Balaban J connectivity index is 2.43. The van der Waals surface area contributed by atoms with E-state index in [2.05, 4.69) is 43.8 Å². The fourth-order valence-electron chi connectivity index (χ4n) is 1.73. The number of rotatable bonds is 2. The molecule has 0 amide bonds. The first-order valence-corrected chi connectivity index (χ1v) is 5.57. The summed E-state index contributed by atoms with van der Waals surface area (Å²) in [5.41, 5.74) is 4.72. The quantitative estimate of drug-likeness (QED) is 0.688. The van der Waals surface area contributed by atoms with Gasteiger partial charge in [-0.25, -0.2) is 0 Å². The van der Waals surface area contributed by atoms with Crippen molar-refractivity contribution in [1.29, 1.82) is 0 Å². The Morgan fingerprint density at radius 2 is 1.62 bits per heavy atom. The lowest BCUT2D eigenvalue weighted by Crippen LogP contribution is -1.83. The Labute approximate surface area is 101 Å². The summed E-state index contributed by atoms with van der Waals surface area (Å²) in [6.45, 7) is 5.83. The summed E-state index contributed by atoms with van der Waals surface area (Å²) in [5, 5.41) is 0.580. The molecule has 0 spiro atoms. The maximum absolute atomic E-state index is 5.84. The highest BCUT2D eigenvalue weighted by Crippen LogP contribution is 2.25. The fraction of sp³-hybridized carbons (Fsp3) is 0.0667. The predicted octanol–water partition coefficient (Wildman–Crippen LogP) is 4.87. The maximum atomic E-state index is 5.84. The van der Waals surface area contributed by atoms with Gasteiger partial charge >= 0.3 is 0 Å². The third-order valence-corrected chi connectivity index (χ3v) is 2.87. The normalized spacial score (nSPS) is 10.1. The van der Waals surface area contributed by atoms with Crippen LogP contribution in [0.4, 0.5) is 0 Å². The molecule has 0 aliphatic heterocycles. The molecule has 1 heteroatoms. The summed E-state index contributed by atoms with van der Waals surface area (Å²) in [5.74, 6) is 0. The van der Waals surface area contributed by atoms with Crippen LogP contribution in [0.1, 0.15) is 11.1 Å². The zero-order valence-corrected chi connectivity index (χ0v) is 9.96. The minimum Gasteiger partial charge on any atom is -0.0843 e. The van der Waals surface area contributed by atoms with Gasteiger partial charge in [0.25, 0.3) is 0 Å². The first-order valence-electron chi connectivity index (χ1n) is 5.19. The van der Waals surface area contributed by atoms with Crippen LogP contribution in [0.25, 0.3) is 16.2 Å². The predicted molar refractivity (Wildman–Crippen MR) is 71.5 cm³/mol. The molecule has 0 nitrogen and oxygen atoms in total. The molecular formula is C15H13Cl. The molecule has 16 heavy (non-hydrogen) atoms. The van der Waals surface area contributed by atoms with E-state index in [0.29, 0.717) is 5.03 Å². The van der Waals surface area contributed by atoms with E-state index >= 15 is 0 Å². The first kappa shape index (κ1) is 11.0. The van der Waals surface area contributed by atoms with Crippen molar-refractivity contribution in [2.45, 2.75) is 6.92 Å². The van der Waals surface area contributed by atoms with Crippen molar-refractivity contribution in [2.75, 3.05) is 0 Å². The van der Waals surface area contributed by atoms with Gasteiger partial charge in [0, 0.05) is 5.03 Å². The number of benzene rings is 2. The Hall–Kier alpha value is -1.53. The molecule has 0 aromatic heterocycles. The minimum absolute atomic E-state index is 0.580. The summed E-state index contributed by atoms with van der Waals surface area (Å²) in [7, 11) is 0. The van der Waals surface area contributed by atoms with Gasteiger partial charge in [0.15, 0.2) is 0 Å². The lowest BCUT2D eigenvalue weighted by atomic mass is 10.00. The monoisotopic (exact) mass is 228 g/mol. The van der Waals surface area contributed by atoms with E-state index in [1.165, 1.54) is 16.7 Å². The smallest absolute Gasteiger partial charge is 0.0406 e. The highest BCUT2D eigenvalue weighted by atomic mass is 35.5. The number of halogens is 1. The largest absolute Gasteiger partial charge is 0.0843 e. The summed E-state index contributed by atoms with van der Waals surface area (Å²) >= 11 is 5.84. The van der Waals surface area contributed by atoms with Crippen LogP contribution < -0.4 is 0 Å². The minimum atomic E-state index is 0.580. The topological polar surface area (TPSA) is 0 Å². The van der Waals surface area contributed by atoms with Crippen LogP contribution in [0.5, 0.6) is 0 Å². The van der Waals surface area contributed by atoms with Crippen LogP contribution in [-0.4, -0.2) is 0 Å². The third kappa shape index (κ3) is 2.17.